The maximum absolute atomic E-state index is 4.64. The number of hydrogen-bond acceptors (Lipinski definition) is 0. The minimum absolute atomic E-state index is 0.137. The Morgan fingerprint density at radius 3 is 0.773 bits per heavy atom. The molecular formula is C18H42ClGeSi2. The van der Waals surface area contributed by atoms with Crippen LogP contribution in [0.3, 0.4) is 0 Å². The second kappa shape index (κ2) is 12.6. The van der Waals surface area contributed by atoms with E-state index in [0.717, 1.165) is 0 Å². The van der Waals surface area contributed by atoms with Gasteiger partial charge in [0, 0.05) is 8.80 Å². The average Bonchev–Trinajstić information content (AvgIpc) is 2.28. The monoisotopic (exact) mass is 423 g/mol. The van der Waals surface area contributed by atoms with E-state index < -0.39 is 8.80 Å². The third kappa shape index (κ3) is 13.7. The van der Waals surface area contributed by atoms with E-state index in [0.29, 0.717) is 15.1 Å². The van der Waals surface area contributed by atoms with Gasteiger partial charge in [-0.05, 0) is 15.1 Å². The maximum atomic E-state index is 4.64. The summed E-state index contributed by atoms with van der Waals surface area (Å²) in [6, 6.07) is 4.37. The van der Waals surface area contributed by atoms with Crippen LogP contribution in [0.15, 0.2) is 0 Å². The molecule has 0 heterocycles. The molecule has 5 radical (unpaired) electrons. The molecule has 0 aliphatic heterocycles. The van der Waals surface area contributed by atoms with E-state index in [1.807, 2.05) is 0 Å². The Labute approximate surface area is 159 Å². The molecule has 0 atom stereocenters. The molecule has 0 rings (SSSR count). The number of halogens is 1. The fourth-order valence-electron chi connectivity index (χ4n) is 4.12. The van der Waals surface area contributed by atoms with Crippen molar-refractivity contribution in [3.63, 3.8) is 0 Å². The van der Waals surface area contributed by atoms with Gasteiger partial charge < -0.3 is 0 Å². The molecule has 0 saturated carbocycles. The Kier molecular flexibility index (Phi) is 16.1. The van der Waals surface area contributed by atoms with Crippen molar-refractivity contribution in [2.45, 2.75) is 116 Å². The molecule has 0 bridgehead atoms. The molecule has 4 heteroatoms. The number of rotatable bonds is 3. The van der Waals surface area contributed by atoms with Crippen molar-refractivity contribution in [1.82, 2.24) is 0 Å². The first-order valence-corrected chi connectivity index (χ1v) is 15.0. The Balaban J connectivity index is -0.000000339. The molecule has 0 spiro atoms. The first-order chi connectivity index (χ1) is 9.71. The van der Waals surface area contributed by atoms with Crippen molar-refractivity contribution in [2.75, 3.05) is 0 Å². The molecule has 0 aromatic carbocycles. The first-order valence-electron chi connectivity index (χ1n) is 8.62. The van der Waals surface area contributed by atoms with Crippen LogP contribution < -0.4 is 0 Å². The van der Waals surface area contributed by atoms with Gasteiger partial charge in [0.05, 0.1) is 8.80 Å². The quantitative estimate of drug-likeness (QED) is 0.408. The van der Waals surface area contributed by atoms with Crippen molar-refractivity contribution >= 4 is 43.2 Å². The molecule has 0 aromatic heterocycles. The van der Waals surface area contributed by atoms with Gasteiger partial charge in [-0.2, -0.15) is 0 Å². The summed E-state index contributed by atoms with van der Waals surface area (Å²) in [4.78, 5) is 0. The molecule has 0 aromatic rings. The predicted octanol–water partition coefficient (Wildman–Crippen LogP) is 7.73. The molecule has 133 valence electrons. The normalized spacial score (nSPS) is 12.5. The third-order valence-corrected chi connectivity index (χ3v) is 11.2. The van der Waals surface area contributed by atoms with Crippen LogP contribution in [0.25, 0.3) is 0 Å². The fourth-order valence-corrected chi connectivity index (χ4v) is 12.4. The van der Waals surface area contributed by atoms with Crippen molar-refractivity contribution in [3.05, 3.63) is 0 Å². The van der Waals surface area contributed by atoms with E-state index in [4.69, 9.17) is 0 Å². The summed E-state index contributed by atoms with van der Waals surface area (Å²) in [6.07, 6.45) is 0. The molecule has 0 amide bonds. The van der Waals surface area contributed by atoms with Gasteiger partial charge in [0.1, 0.15) is 0 Å². The zero-order valence-corrected chi connectivity index (χ0v) is 22.4. The first kappa shape index (κ1) is 28.1. The topological polar surface area (TPSA) is 0 Å². The predicted molar refractivity (Wildman–Crippen MR) is 114 cm³/mol. The van der Waals surface area contributed by atoms with Crippen LogP contribution in [0.4, 0.5) is 0 Å². The molecule has 0 N–H and O–H groups in total. The second-order valence-corrected chi connectivity index (χ2v) is 17.8. The molecule has 0 saturated heterocycles. The molecule has 22 heavy (non-hydrogen) atoms. The van der Waals surface area contributed by atoms with Crippen LogP contribution in [0.2, 0.25) is 33.2 Å². The summed E-state index contributed by atoms with van der Waals surface area (Å²) in [7, 11) is 4.39. The third-order valence-electron chi connectivity index (χ3n) is 3.75. The molecule has 0 fully saturated rings. The summed E-state index contributed by atoms with van der Waals surface area (Å²) in [5.74, 6) is 0. The zero-order valence-electron chi connectivity index (χ0n) is 17.5. The van der Waals surface area contributed by atoms with E-state index in [9.17, 15) is 0 Å². The molecule has 0 unspecified atom stereocenters. The number of hydrogen-bond donors (Lipinski definition) is 0. The summed E-state index contributed by atoms with van der Waals surface area (Å²) in [5, 5.41) is 1.46. The Bertz CT molecular complexity index is 206. The van der Waals surface area contributed by atoms with E-state index in [1.54, 1.807) is 0 Å². The van der Waals surface area contributed by atoms with Gasteiger partial charge in [-0.15, -0.1) is 0 Å². The second-order valence-electron chi connectivity index (χ2n) is 8.94. The van der Waals surface area contributed by atoms with Crippen LogP contribution in [0, 0.1) is 0 Å². The van der Waals surface area contributed by atoms with E-state index in [1.165, 1.54) is 33.7 Å². The van der Waals surface area contributed by atoms with Crippen molar-refractivity contribution in [1.29, 1.82) is 0 Å². The van der Waals surface area contributed by atoms with Gasteiger partial charge in [-0.3, -0.25) is 0 Å². The van der Waals surface area contributed by atoms with Gasteiger partial charge in [-0.1, -0.05) is 101 Å². The van der Waals surface area contributed by atoms with Crippen LogP contribution in [-0.2, 0) is 0 Å². The van der Waals surface area contributed by atoms with E-state index in [-0.39, 0.29) is 8.80 Å². The van der Waals surface area contributed by atoms with Crippen LogP contribution in [0.5, 0.6) is 0 Å². The van der Waals surface area contributed by atoms with E-state index in [2.05, 4.69) is 93.1 Å². The Hall–Kier alpha value is 1.27. The molecule has 0 aliphatic carbocycles. The zero-order chi connectivity index (χ0) is 18.8. The van der Waals surface area contributed by atoms with Crippen molar-refractivity contribution < 1.29 is 0 Å². The molecular weight excluding hydrogens is 380 g/mol. The van der Waals surface area contributed by atoms with Gasteiger partial charge in [0.25, 0.3) is 0 Å². The van der Waals surface area contributed by atoms with Crippen LogP contribution in [0.1, 0.15) is 83.1 Å². The van der Waals surface area contributed by atoms with Crippen LogP contribution >= 0.6 is 10.0 Å². The standard InChI is InChI=1S/C12H27Si.C6H15Si.ClGe/c1-10(2,3)13(11(4,5)6)12(7,8)9;1-4-7(5-2)6-3;1-2/h1-9H3;4-6H2,1-3H3;. The SMILES string of the molecule is CC(C)(C)[Si](C(C)(C)C)C(C)(C)C.CC[Si](CC)CC.[Cl][Ge]. The fraction of sp³-hybridized carbons (Fsp3) is 1.00. The average molecular weight is 423 g/mol. The molecule has 0 aliphatic rings. The van der Waals surface area contributed by atoms with Crippen molar-refractivity contribution in [2.24, 2.45) is 0 Å². The van der Waals surface area contributed by atoms with E-state index >= 15 is 0 Å². The van der Waals surface area contributed by atoms with Gasteiger partial charge in [-0.25, -0.2) is 0 Å². The van der Waals surface area contributed by atoms with Gasteiger partial charge in [0.15, 0.2) is 0 Å². The van der Waals surface area contributed by atoms with Gasteiger partial charge >= 0.3 is 25.6 Å². The van der Waals surface area contributed by atoms with Gasteiger partial charge in [0.2, 0.25) is 0 Å². The molecule has 0 nitrogen and oxygen atoms in total. The summed E-state index contributed by atoms with van der Waals surface area (Å²) in [6.45, 7) is 28.5. The summed E-state index contributed by atoms with van der Waals surface area (Å²) >= 11 is 1.47. The Morgan fingerprint density at radius 1 is 0.591 bits per heavy atom. The summed E-state index contributed by atoms with van der Waals surface area (Å²) in [5.41, 5.74) is 0. The minimum atomic E-state index is -0.391. The Morgan fingerprint density at radius 2 is 0.773 bits per heavy atom. The van der Waals surface area contributed by atoms with Crippen molar-refractivity contribution in [3.8, 4) is 0 Å². The van der Waals surface area contributed by atoms with Crippen LogP contribution in [-0.4, -0.2) is 33.2 Å². The summed E-state index contributed by atoms with van der Waals surface area (Å²) < 4.78 is 0.